The Morgan fingerprint density at radius 1 is 1.32 bits per heavy atom. The average Bonchev–Trinajstić information content (AvgIpc) is 3.34. The summed E-state index contributed by atoms with van der Waals surface area (Å²) < 4.78 is 37.7. The topological polar surface area (TPSA) is 80.5 Å². The van der Waals surface area contributed by atoms with Crippen molar-refractivity contribution in [1.29, 1.82) is 0 Å². The van der Waals surface area contributed by atoms with Crippen LogP contribution in [0.3, 0.4) is 0 Å². The fraction of sp³-hybridized carbons (Fsp3) is 0.278. The molecule has 1 N–H and O–H groups in total. The van der Waals surface area contributed by atoms with Crippen molar-refractivity contribution < 1.29 is 22.7 Å². The molecule has 1 amide bonds. The third-order valence-corrected chi connectivity index (χ3v) is 4.60. The van der Waals surface area contributed by atoms with Gasteiger partial charge in [0.2, 0.25) is 11.8 Å². The van der Waals surface area contributed by atoms with Gasteiger partial charge in [-0.25, -0.2) is 8.78 Å². The minimum atomic E-state index is -0.712. The number of benzene rings is 1. The maximum absolute atomic E-state index is 13.7. The highest BCUT2D eigenvalue weighted by Crippen LogP contribution is 2.23. The van der Waals surface area contributed by atoms with Crippen LogP contribution >= 0.6 is 11.3 Å². The van der Waals surface area contributed by atoms with Gasteiger partial charge >= 0.3 is 0 Å². The van der Waals surface area contributed by atoms with Crippen LogP contribution in [0, 0.1) is 11.6 Å². The maximum atomic E-state index is 13.7. The highest BCUT2D eigenvalue weighted by Gasteiger charge is 2.17. The van der Waals surface area contributed by atoms with Crippen molar-refractivity contribution in [3.63, 3.8) is 0 Å². The fourth-order valence-corrected chi connectivity index (χ4v) is 3.07. The lowest BCUT2D eigenvalue weighted by molar-refractivity contribution is -0.117. The van der Waals surface area contributed by atoms with E-state index in [1.54, 1.807) is 12.0 Å². The summed E-state index contributed by atoms with van der Waals surface area (Å²) in [5.74, 6) is -1.11. The second-order valence-corrected chi connectivity index (χ2v) is 6.80. The van der Waals surface area contributed by atoms with Crippen LogP contribution in [0.4, 0.5) is 14.5 Å². The number of aromatic nitrogens is 2. The number of carbonyl (C=O) groups is 1. The Labute approximate surface area is 163 Å². The first-order valence-electron chi connectivity index (χ1n) is 8.37. The van der Waals surface area contributed by atoms with E-state index in [2.05, 4.69) is 15.5 Å². The van der Waals surface area contributed by atoms with E-state index in [-0.39, 0.29) is 18.8 Å². The van der Waals surface area contributed by atoms with Crippen LogP contribution in [0.25, 0.3) is 10.8 Å². The summed E-state index contributed by atoms with van der Waals surface area (Å²) >= 11 is 1.48. The molecule has 0 fully saturated rings. The molecule has 0 aliphatic rings. The molecule has 0 saturated heterocycles. The molecule has 0 radical (unpaired) electrons. The van der Waals surface area contributed by atoms with Crippen molar-refractivity contribution in [3.05, 3.63) is 53.2 Å². The third kappa shape index (κ3) is 5.41. The zero-order chi connectivity index (χ0) is 19.9. The summed E-state index contributed by atoms with van der Waals surface area (Å²) in [6.45, 7) is 0.899. The molecule has 0 atom stereocenters. The van der Waals surface area contributed by atoms with Crippen LogP contribution in [0.15, 0.2) is 40.1 Å². The molecule has 0 unspecified atom stereocenters. The third-order valence-electron chi connectivity index (χ3n) is 3.74. The molecular weight excluding hydrogens is 390 g/mol. The van der Waals surface area contributed by atoms with Crippen molar-refractivity contribution in [1.82, 2.24) is 15.1 Å². The number of ether oxygens (including phenoxy) is 1. The molecule has 0 saturated carbocycles. The Kier molecular flexibility index (Phi) is 6.80. The van der Waals surface area contributed by atoms with E-state index in [9.17, 15) is 13.6 Å². The van der Waals surface area contributed by atoms with E-state index in [1.807, 2.05) is 17.5 Å². The first kappa shape index (κ1) is 20.1. The predicted octanol–water partition coefficient (Wildman–Crippen LogP) is 3.16. The smallest absolute Gasteiger partial charge is 0.257 e. The maximum Gasteiger partial charge on any atom is 0.257 e. The number of hydrogen-bond acceptors (Lipinski definition) is 7. The molecule has 2 aromatic heterocycles. The van der Waals surface area contributed by atoms with Crippen molar-refractivity contribution in [2.24, 2.45) is 0 Å². The van der Waals surface area contributed by atoms with Gasteiger partial charge in [0.05, 0.1) is 30.3 Å². The number of halogens is 2. The molecule has 1 aromatic carbocycles. The van der Waals surface area contributed by atoms with Gasteiger partial charge in [0.25, 0.3) is 5.89 Å². The number of rotatable bonds is 9. The molecular formula is C18H18F2N4O3S. The highest BCUT2D eigenvalue weighted by molar-refractivity contribution is 7.13. The lowest BCUT2D eigenvalue weighted by Gasteiger charge is -2.19. The Bertz CT molecular complexity index is 917. The largest absolute Gasteiger partial charge is 0.419 e. The number of methoxy groups -OCH3 is 1. The normalized spacial score (nSPS) is 11.1. The van der Waals surface area contributed by atoms with Gasteiger partial charge < -0.3 is 14.5 Å². The van der Waals surface area contributed by atoms with Gasteiger partial charge in [0.1, 0.15) is 11.6 Å². The van der Waals surface area contributed by atoms with Crippen LogP contribution < -0.4 is 5.32 Å². The van der Waals surface area contributed by atoms with Crippen molar-refractivity contribution in [2.75, 3.05) is 32.1 Å². The van der Waals surface area contributed by atoms with Crippen LogP contribution in [0.1, 0.15) is 5.89 Å². The monoisotopic (exact) mass is 408 g/mol. The molecule has 2 heterocycles. The number of anilines is 1. The second kappa shape index (κ2) is 9.49. The van der Waals surface area contributed by atoms with Crippen LogP contribution in [-0.4, -0.2) is 47.8 Å². The van der Waals surface area contributed by atoms with Crippen molar-refractivity contribution >= 4 is 22.9 Å². The molecule has 0 spiro atoms. The standard InChI is InChI=1S/C18H18F2N4O3S/c1-26-7-6-24(10-16(25)21-14-9-12(19)4-5-13(14)20)11-17-22-23-18(27-17)15-3-2-8-28-15/h2-5,8-9H,6-7,10-11H2,1H3,(H,21,25). The zero-order valence-corrected chi connectivity index (χ0v) is 15.8. The number of nitrogens with zero attached hydrogens (tertiary/aromatic N) is 3. The van der Waals surface area contributed by atoms with E-state index in [0.29, 0.717) is 24.9 Å². The quantitative estimate of drug-likeness (QED) is 0.586. The van der Waals surface area contributed by atoms with Crippen molar-refractivity contribution in [3.8, 4) is 10.8 Å². The van der Waals surface area contributed by atoms with Crippen LogP contribution in [-0.2, 0) is 16.1 Å². The minimum absolute atomic E-state index is 0.0873. The predicted molar refractivity (Wildman–Crippen MR) is 99.8 cm³/mol. The van der Waals surface area contributed by atoms with Crippen LogP contribution in [0.5, 0.6) is 0 Å². The number of thiophene rings is 1. The molecule has 28 heavy (non-hydrogen) atoms. The molecule has 3 rings (SSSR count). The molecule has 0 aliphatic carbocycles. The highest BCUT2D eigenvalue weighted by atomic mass is 32.1. The Balaban J connectivity index is 1.64. The lowest BCUT2D eigenvalue weighted by atomic mass is 10.3. The molecule has 148 valence electrons. The molecule has 0 bridgehead atoms. The first-order chi connectivity index (χ1) is 13.5. The van der Waals surface area contributed by atoms with E-state index >= 15 is 0 Å². The summed E-state index contributed by atoms with van der Waals surface area (Å²) in [5.41, 5.74) is -0.213. The molecule has 10 heteroatoms. The SMILES string of the molecule is COCCN(CC(=O)Nc1cc(F)ccc1F)Cc1nnc(-c2cccs2)o1. The summed E-state index contributed by atoms with van der Waals surface area (Å²) in [5, 5.41) is 12.3. The fourth-order valence-electron chi connectivity index (χ4n) is 2.43. The lowest BCUT2D eigenvalue weighted by Crippen LogP contribution is -2.35. The van der Waals surface area contributed by atoms with Gasteiger partial charge in [-0.2, -0.15) is 0 Å². The van der Waals surface area contributed by atoms with Gasteiger partial charge in [0.15, 0.2) is 0 Å². The molecule has 7 nitrogen and oxygen atoms in total. The summed E-state index contributed by atoms with van der Waals surface area (Å²) in [6.07, 6.45) is 0. The number of carbonyl (C=O) groups excluding carboxylic acids is 1. The van der Waals surface area contributed by atoms with E-state index in [4.69, 9.17) is 9.15 Å². The van der Waals surface area contributed by atoms with Crippen LogP contribution in [0.2, 0.25) is 0 Å². The average molecular weight is 408 g/mol. The Morgan fingerprint density at radius 3 is 2.93 bits per heavy atom. The van der Waals surface area contributed by atoms with E-state index in [1.165, 1.54) is 11.3 Å². The van der Waals surface area contributed by atoms with Gasteiger partial charge in [-0.05, 0) is 23.6 Å². The van der Waals surface area contributed by atoms with Crippen molar-refractivity contribution in [2.45, 2.75) is 6.54 Å². The zero-order valence-electron chi connectivity index (χ0n) is 15.0. The summed E-state index contributed by atoms with van der Waals surface area (Å²) in [4.78, 5) is 14.8. The van der Waals surface area contributed by atoms with Gasteiger partial charge in [0, 0.05) is 19.7 Å². The van der Waals surface area contributed by atoms with E-state index in [0.717, 1.165) is 23.1 Å². The van der Waals surface area contributed by atoms with Gasteiger partial charge in [-0.1, -0.05) is 6.07 Å². The Hall–Kier alpha value is -2.69. The summed E-state index contributed by atoms with van der Waals surface area (Å²) in [7, 11) is 1.54. The Morgan fingerprint density at radius 2 is 2.18 bits per heavy atom. The second-order valence-electron chi connectivity index (χ2n) is 5.85. The van der Waals surface area contributed by atoms with Gasteiger partial charge in [-0.3, -0.25) is 9.69 Å². The number of nitrogens with one attached hydrogen (secondary N) is 1. The van der Waals surface area contributed by atoms with E-state index < -0.39 is 17.5 Å². The van der Waals surface area contributed by atoms with Gasteiger partial charge in [-0.15, -0.1) is 21.5 Å². The first-order valence-corrected chi connectivity index (χ1v) is 9.25. The molecule has 0 aliphatic heterocycles. The molecule has 3 aromatic rings. The number of hydrogen-bond donors (Lipinski definition) is 1. The number of amides is 1. The summed E-state index contributed by atoms with van der Waals surface area (Å²) in [6, 6.07) is 6.61. The minimum Gasteiger partial charge on any atom is -0.419 e.